The van der Waals surface area contributed by atoms with Crippen molar-refractivity contribution in [2.24, 2.45) is 0 Å². The first-order valence-electron chi connectivity index (χ1n) is 9.67. The highest BCUT2D eigenvalue weighted by atomic mass is 79.9. The maximum absolute atomic E-state index is 13.0. The van der Waals surface area contributed by atoms with E-state index in [0.717, 1.165) is 29.5 Å². The van der Waals surface area contributed by atoms with Crippen LogP contribution in [0.2, 0.25) is 0 Å². The topological polar surface area (TPSA) is 57.2 Å². The molecular weight excluding hydrogens is 438 g/mol. The van der Waals surface area contributed by atoms with Crippen LogP contribution in [0.4, 0.5) is 0 Å². The lowest BCUT2D eigenvalue weighted by Crippen LogP contribution is -2.62. The molecule has 2 saturated heterocycles. The van der Waals surface area contributed by atoms with E-state index < -0.39 is 6.10 Å². The van der Waals surface area contributed by atoms with Crippen molar-refractivity contribution in [2.75, 3.05) is 27.4 Å². The fourth-order valence-electron chi connectivity index (χ4n) is 3.92. The number of nitrogens with zero attached hydrogens (tertiary/aromatic N) is 1. The molecule has 1 amide bonds. The minimum atomic E-state index is -0.618. The zero-order chi connectivity index (χ0) is 20.4. The quantitative estimate of drug-likeness (QED) is 0.583. The lowest BCUT2D eigenvalue weighted by Gasteiger charge is -2.47. The normalized spacial score (nSPS) is 23.6. The highest BCUT2D eigenvalue weighted by Crippen LogP contribution is 2.43. The monoisotopic (exact) mass is 461 g/mol. The molecule has 3 unspecified atom stereocenters. The van der Waals surface area contributed by atoms with Crippen LogP contribution < -0.4 is 14.2 Å². The van der Waals surface area contributed by atoms with Crippen molar-refractivity contribution in [2.45, 2.75) is 31.1 Å². The third kappa shape index (κ3) is 4.07. The molecule has 4 rings (SSSR count). The van der Waals surface area contributed by atoms with Gasteiger partial charge in [-0.15, -0.1) is 0 Å². The zero-order valence-corrected chi connectivity index (χ0v) is 18.1. The second kappa shape index (κ2) is 8.63. The molecule has 154 valence electrons. The van der Waals surface area contributed by atoms with Crippen molar-refractivity contribution in [3.8, 4) is 17.2 Å². The summed E-state index contributed by atoms with van der Waals surface area (Å²) in [7, 11) is 3.23. The van der Waals surface area contributed by atoms with Crippen LogP contribution in [0.25, 0.3) is 0 Å². The summed E-state index contributed by atoms with van der Waals surface area (Å²) in [5, 5.41) is 0. The van der Waals surface area contributed by atoms with E-state index in [1.807, 2.05) is 47.4 Å². The van der Waals surface area contributed by atoms with Crippen LogP contribution in [0.3, 0.4) is 0 Å². The van der Waals surface area contributed by atoms with Gasteiger partial charge in [0.15, 0.2) is 0 Å². The number of ether oxygens (including phenoxy) is 4. The summed E-state index contributed by atoms with van der Waals surface area (Å²) in [6, 6.07) is 12.9. The smallest absolute Gasteiger partial charge is 0.266 e. The SMILES string of the molecule is COc1ccc(C2C(Oc3cccc(Br)c3)C(=O)N2CC2CCCO2)c(OC)c1. The van der Waals surface area contributed by atoms with E-state index in [9.17, 15) is 4.79 Å². The second-order valence-corrected chi connectivity index (χ2v) is 8.09. The minimum absolute atomic E-state index is 0.0386. The third-order valence-electron chi connectivity index (χ3n) is 5.39. The number of hydrogen-bond donors (Lipinski definition) is 0. The molecular formula is C22H24BrNO5. The van der Waals surface area contributed by atoms with E-state index in [0.29, 0.717) is 23.8 Å². The minimum Gasteiger partial charge on any atom is -0.497 e. The van der Waals surface area contributed by atoms with Crippen LogP contribution in [0.5, 0.6) is 17.2 Å². The van der Waals surface area contributed by atoms with E-state index in [1.54, 1.807) is 14.2 Å². The Bertz CT molecular complexity index is 883. The Labute approximate surface area is 178 Å². The van der Waals surface area contributed by atoms with Crippen LogP contribution in [0.1, 0.15) is 24.4 Å². The van der Waals surface area contributed by atoms with Crippen LogP contribution in [0, 0.1) is 0 Å². The van der Waals surface area contributed by atoms with Crippen molar-refractivity contribution >= 4 is 21.8 Å². The molecule has 2 aliphatic rings. The van der Waals surface area contributed by atoms with Gasteiger partial charge in [-0.2, -0.15) is 0 Å². The molecule has 2 aromatic carbocycles. The molecule has 0 radical (unpaired) electrons. The number of β-lactam (4-membered cyclic amide) rings is 1. The molecule has 29 heavy (non-hydrogen) atoms. The van der Waals surface area contributed by atoms with Gasteiger partial charge in [0.05, 0.1) is 20.3 Å². The summed E-state index contributed by atoms with van der Waals surface area (Å²) in [5.41, 5.74) is 0.894. The number of rotatable bonds is 7. The van der Waals surface area contributed by atoms with E-state index in [1.165, 1.54) is 0 Å². The lowest BCUT2D eigenvalue weighted by molar-refractivity contribution is -0.167. The van der Waals surface area contributed by atoms with E-state index in [-0.39, 0.29) is 18.1 Å². The summed E-state index contributed by atoms with van der Waals surface area (Å²) in [6.07, 6.45) is 1.44. The summed E-state index contributed by atoms with van der Waals surface area (Å²) >= 11 is 3.45. The molecule has 0 aromatic heterocycles. The molecule has 2 fully saturated rings. The van der Waals surface area contributed by atoms with Gasteiger partial charge in [0, 0.05) is 29.3 Å². The highest BCUT2D eigenvalue weighted by Gasteiger charge is 2.52. The number of carbonyl (C=O) groups excluding carboxylic acids is 1. The maximum atomic E-state index is 13.0. The largest absolute Gasteiger partial charge is 0.497 e. The van der Waals surface area contributed by atoms with Gasteiger partial charge in [0.25, 0.3) is 5.91 Å². The van der Waals surface area contributed by atoms with Crippen molar-refractivity contribution in [3.05, 3.63) is 52.5 Å². The average Bonchev–Trinajstić information content (AvgIpc) is 3.26. The molecule has 0 saturated carbocycles. The van der Waals surface area contributed by atoms with Crippen molar-refractivity contribution in [3.63, 3.8) is 0 Å². The van der Waals surface area contributed by atoms with Gasteiger partial charge >= 0.3 is 0 Å². The van der Waals surface area contributed by atoms with Crippen molar-refractivity contribution < 1.29 is 23.7 Å². The first-order chi connectivity index (χ1) is 14.1. The van der Waals surface area contributed by atoms with Gasteiger partial charge in [-0.25, -0.2) is 0 Å². The first-order valence-corrected chi connectivity index (χ1v) is 10.5. The van der Waals surface area contributed by atoms with Gasteiger partial charge < -0.3 is 23.8 Å². The molecule has 0 N–H and O–H groups in total. The molecule has 6 nitrogen and oxygen atoms in total. The molecule has 2 heterocycles. The van der Waals surface area contributed by atoms with E-state index in [4.69, 9.17) is 18.9 Å². The predicted octanol–water partition coefficient (Wildman–Crippen LogP) is 3.98. The molecule has 0 bridgehead atoms. The maximum Gasteiger partial charge on any atom is 0.266 e. The average molecular weight is 462 g/mol. The number of methoxy groups -OCH3 is 2. The Kier molecular flexibility index (Phi) is 5.96. The van der Waals surface area contributed by atoms with Crippen LogP contribution in [0.15, 0.2) is 46.9 Å². The summed E-state index contributed by atoms with van der Waals surface area (Å²) in [6.45, 7) is 1.30. The Balaban J connectivity index is 1.64. The summed E-state index contributed by atoms with van der Waals surface area (Å²) in [4.78, 5) is 14.8. The van der Waals surface area contributed by atoms with Gasteiger partial charge in [-0.3, -0.25) is 4.79 Å². The third-order valence-corrected chi connectivity index (χ3v) is 5.89. The molecule has 0 aliphatic carbocycles. The van der Waals surface area contributed by atoms with Gasteiger partial charge in [0.1, 0.15) is 23.3 Å². The number of halogens is 1. The number of hydrogen-bond acceptors (Lipinski definition) is 5. The Hall–Kier alpha value is -2.25. The van der Waals surface area contributed by atoms with E-state index in [2.05, 4.69) is 15.9 Å². The van der Waals surface area contributed by atoms with Gasteiger partial charge in [-0.1, -0.05) is 22.0 Å². The molecule has 7 heteroatoms. The Morgan fingerprint density at radius 3 is 2.69 bits per heavy atom. The number of benzene rings is 2. The van der Waals surface area contributed by atoms with Gasteiger partial charge in [0.2, 0.25) is 6.10 Å². The molecule has 2 aromatic rings. The van der Waals surface area contributed by atoms with E-state index >= 15 is 0 Å². The summed E-state index contributed by atoms with van der Waals surface area (Å²) in [5.74, 6) is 1.98. The zero-order valence-electron chi connectivity index (χ0n) is 16.5. The second-order valence-electron chi connectivity index (χ2n) is 7.17. The van der Waals surface area contributed by atoms with Crippen LogP contribution in [-0.4, -0.2) is 50.4 Å². The fourth-order valence-corrected chi connectivity index (χ4v) is 4.30. The summed E-state index contributed by atoms with van der Waals surface area (Å²) < 4.78 is 23.7. The first kappa shape index (κ1) is 20.0. The molecule has 3 atom stereocenters. The fraction of sp³-hybridized carbons (Fsp3) is 0.409. The lowest BCUT2D eigenvalue weighted by atomic mass is 9.89. The number of amides is 1. The van der Waals surface area contributed by atoms with Gasteiger partial charge in [-0.05, 0) is 43.2 Å². The van der Waals surface area contributed by atoms with Crippen molar-refractivity contribution in [1.29, 1.82) is 0 Å². The van der Waals surface area contributed by atoms with Crippen molar-refractivity contribution in [1.82, 2.24) is 4.90 Å². The standard InChI is InChI=1S/C22H24BrNO5/c1-26-15-8-9-18(19(12-15)27-2)20-21(29-16-6-3-5-14(23)11-16)22(25)24(20)13-17-7-4-10-28-17/h3,5-6,8-9,11-12,17,20-21H,4,7,10,13H2,1-2H3. The Morgan fingerprint density at radius 1 is 1.14 bits per heavy atom. The number of likely N-dealkylation sites (tertiary alicyclic amines) is 1. The van der Waals surface area contributed by atoms with Crippen LogP contribution >= 0.6 is 15.9 Å². The molecule has 0 spiro atoms. The van der Waals surface area contributed by atoms with Crippen LogP contribution in [-0.2, 0) is 9.53 Å². The predicted molar refractivity (Wildman–Crippen MR) is 112 cm³/mol. The number of carbonyl (C=O) groups is 1. The Morgan fingerprint density at radius 2 is 2.00 bits per heavy atom. The molecule has 2 aliphatic heterocycles. The highest BCUT2D eigenvalue weighted by molar-refractivity contribution is 9.10.